The molecule has 0 atom stereocenters. The molecule has 33 heavy (non-hydrogen) atoms. The molecule has 0 radical (unpaired) electrons. The molecule has 1 aliphatic heterocycles. The Bertz CT molecular complexity index is 1230. The molecule has 2 aromatic heterocycles. The summed E-state index contributed by atoms with van der Waals surface area (Å²) in [4.78, 5) is 17.3. The summed E-state index contributed by atoms with van der Waals surface area (Å²) in [5.41, 5.74) is 3.77. The number of hydrogen-bond donors (Lipinski definition) is 0. The number of fused-ring (bicyclic) bond motifs is 1. The fraction of sp³-hybridized carbons (Fsp3) is 0.333. The lowest BCUT2D eigenvalue weighted by atomic mass is 10.1. The lowest BCUT2D eigenvalue weighted by Gasteiger charge is -2.36. The number of halogens is 1. The van der Waals surface area contributed by atoms with E-state index in [-0.39, 0.29) is 5.82 Å². The van der Waals surface area contributed by atoms with E-state index < -0.39 is 0 Å². The first-order chi connectivity index (χ1) is 16.1. The first kappa shape index (κ1) is 22.0. The minimum Gasteiger partial charge on any atom is -0.353 e. The SMILES string of the molecule is Cc1sc2nc(CCc3ccccc3)nc(N3CCN(Cc4ccc(F)cc4)CC3)c2c1C. The molecule has 0 amide bonds. The standard InChI is InChI=1S/C27H29FN4S/c1-19-20(2)33-27-25(19)26(29-24(30-27)13-10-21-6-4-3-5-7-21)32-16-14-31(15-17-32)18-22-8-11-23(28)12-9-22/h3-9,11-12H,10,13-18H2,1-2H3. The maximum absolute atomic E-state index is 13.2. The normalized spacial score (nSPS) is 14.8. The number of aromatic nitrogens is 2. The van der Waals surface area contributed by atoms with Crippen molar-refractivity contribution < 1.29 is 4.39 Å². The van der Waals surface area contributed by atoms with Gasteiger partial charge in [-0.1, -0.05) is 42.5 Å². The largest absolute Gasteiger partial charge is 0.353 e. The van der Waals surface area contributed by atoms with Gasteiger partial charge in [0.25, 0.3) is 0 Å². The molecule has 0 N–H and O–H groups in total. The summed E-state index contributed by atoms with van der Waals surface area (Å²) in [5, 5.41) is 1.22. The van der Waals surface area contributed by atoms with Crippen LogP contribution in [0.15, 0.2) is 54.6 Å². The summed E-state index contributed by atoms with van der Waals surface area (Å²) in [6.45, 7) is 9.01. The lowest BCUT2D eigenvalue weighted by Crippen LogP contribution is -2.46. The summed E-state index contributed by atoms with van der Waals surface area (Å²) < 4.78 is 13.2. The zero-order valence-electron chi connectivity index (χ0n) is 19.2. The Morgan fingerprint density at radius 1 is 0.848 bits per heavy atom. The van der Waals surface area contributed by atoms with Crippen molar-refractivity contribution in [3.8, 4) is 0 Å². The lowest BCUT2D eigenvalue weighted by molar-refractivity contribution is 0.249. The van der Waals surface area contributed by atoms with Crippen molar-refractivity contribution in [3.63, 3.8) is 0 Å². The van der Waals surface area contributed by atoms with E-state index in [0.29, 0.717) is 0 Å². The Labute approximate surface area is 198 Å². The number of piperazine rings is 1. The number of anilines is 1. The van der Waals surface area contributed by atoms with E-state index in [9.17, 15) is 4.39 Å². The second-order valence-corrected chi connectivity index (χ2v) is 10.0. The van der Waals surface area contributed by atoms with Crippen LogP contribution in [0.25, 0.3) is 10.2 Å². The average molecular weight is 461 g/mol. The summed E-state index contributed by atoms with van der Waals surface area (Å²) in [6.07, 6.45) is 1.79. The Kier molecular flexibility index (Phi) is 6.38. The van der Waals surface area contributed by atoms with Gasteiger partial charge >= 0.3 is 0 Å². The minimum absolute atomic E-state index is 0.180. The molecule has 170 valence electrons. The van der Waals surface area contributed by atoms with E-state index in [2.05, 4.69) is 54.0 Å². The van der Waals surface area contributed by atoms with Crippen LogP contribution in [-0.4, -0.2) is 41.0 Å². The van der Waals surface area contributed by atoms with Gasteiger partial charge in [-0.15, -0.1) is 11.3 Å². The smallest absolute Gasteiger partial charge is 0.141 e. The molecule has 1 saturated heterocycles. The molecular weight excluding hydrogens is 431 g/mol. The molecule has 0 saturated carbocycles. The second-order valence-electron chi connectivity index (χ2n) is 8.80. The maximum Gasteiger partial charge on any atom is 0.141 e. The Morgan fingerprint density at radius 2 is 1.58 bits per heavy atom. The molecule has 0 spiro atoms. The van der Waals surface area contributed by atoms with Crippen LogP contribution in [0.3, 0.4) is 0 Å². The van der Waals surface area contributed by atoms with Crippen LogP contribution in [0.2, 0.25) is 0 Å². The topological polar surface area (TPSA) is 32.3 Å². The van der Waals surface area contributed by atoms with Crippen LogP contribution in [0.5, 0.6) is 0 Å². The Hall–Kier alpha value is -2.83. The van der Waals surface area contributed by atoms with Gasteiger partial charge in [0, 0.05) is 44.0 Å². The van der Waals surface area contributed by atoms with Gasteiger partial charge in [0.15, 0.2) is 0 Å². The molecule has 1 aliphatic rings. The highest BCUT2D eigenvalue weighted by Gasteiger charge is 2.23. The molecule has 4 nitrogen and oxygen atoms in total. The van der Waals surface area contributed by atoms with Gasteiger partial charge in [-0.3, -0.25) is 4.90 Å². The number of nitrogens with zero attached hydrogens (tertiary/aromatic N) is 4. The van der Waals surface area contributed by atoms with E-state index in [1.54, 1.807) is 23.5 Å². The van der Waals surface area contributed by atoms with Gasteiger partial charge in [-0.2, -0.15) is 0 Å². The van der Waals surface area contributed by atoms with E-state index in [0.717, 1.165) is 67.6 Å². The predicted octanol–water partition coefficient (Wildman–Crippen LogP) is 5.55. The summed E-state index contributed by atoms with van der Waals surface area (Å²) in [6, 6.07) is 17.4. The Balaban J connectivity index is 1.34. The Morgan fingerprint density at radius 3 is 2.30 bits per heavy atom. The van der Waals surface area contributed by atoms with Crippen LogP contribution >= 0.6 is 11.3 Å². The first-order valence-corrected chi connectivity index (χ1v) is 12.4. The number of benzene rings is 2. The molecule has 3 heterocycles. The van der Waals surface area contributed by atoms with Crippen LogP contribution in [0.1, 0.15) is 27.4 Å². The van der Waals surface area contributed by atoms with Crippen molar-refractivity contribution in [1.82, 2.24) is 14.9 Å². The third-order valence-corrected chi connectivity index (χ3v) is 7.63. The highest BCUT2D eigenvalue weighted by Crippen LogP contribution is 2.35. The van der Waals surface area contributed by atoms with Gasteiger partial charge in [0.1, 0.15) is 22.3 Å². The van der Waals surface area contributed by atoms with Crippen molar-refractivity contribution >= 4 is 27.4 Å². The van der Waals surface area contributed by atoms with Gasteiger partial charge < -0.3 is 4.90 Å². The first-order valence-electron chi connectivity index (χ1n) is 11.6. The van der Waals surface area contributed by atoms with E-state index >= 15 is 0 Å². The van der Waals surface area contributed by atoms with Crippen molar-refractivity contribution in [1.29, 1.82) is 0 Å². The van der Waals surface area contributed by atoms with Gasteiger partial charge in [0.05, 0.1) is 5.39 Å². The molecule has 5 rings (SSSR count). The fourth-order valence-corrected chi connectivity index (χ4v) is 5.52. The minimum atomic E-state index is -0.180. The van der Waals surface area contributed by atoms with Crippen molar-refractivity contribution in [2.75, 3.05) is 31.1 Å². The third-order valence-electron chi connectivity index (χ3n) is 6.53. The summed E-state index contributed by atoms with van der Waals surface area (Å²) >= 11 is 1.78. The molecule has 2 aromatic carbocycles. The predicted molar refractivity (Wildman–Crippen MR) is 135 cm³/mol. The zero-order valence-corrected chi connectivity index (χ0v) is 20.0. The molecule has 0 bridgehead atoms. The van der Waals surface area contributed by atoms with Gasteiger partial charge in [0.2, 0.25) is 0 Å². The molecular formula is C27H29FN4S. The summed E-state index contributed by atoms with van der Waals surface area (Å²) in [7, 11) is 0. The van der Waals surface area contributed by atoms with Crippen molar-refractivity contribution in [2.24, 2.45) is 0 Å². The van der Waals surface area contributed by atoms with Gasteiger partial charge in [-0.05, 0) is 49.1 Å². The number of hydrogen-bond acceptors (Lipinski definition) is 5. The maximum atomic E-state index is 13.2. The number of rotatable bonds is 6. The monoisotopic (exact) mass is 460 g/mol. The van der Waals surface area contributed by atoms with Crippen molar-refractivity contribution in [3.05, 3.63) is 87.8 Å². The van der Waals surface area contributed by atoms with E-state index in [1.807, 2.05) is 12.1 Å². The highest BCUT2D eigenvalue weighted by atomic mass is 32.1. The average Bonchev–Trinajstić information content (AvgIpc) is 3.13. The number of aryl methyl sites for hydroxylation is 4. The van der Waals surface area contributed by atoms with E-state index in [1.165, 1.54) is 21.4 Å². The summed E-state index contributed by atoms with van der Waals surface area (Å²) in [5.74, 6) is 1.84. The molecule has 6 heteroatoms. The van der Waals surface area contributed by atoms with Gasteiger partial charge in [-0.25, -0.2) is 14.4 Å². The molecule has 1 fully saturated rings. The second kappa shape index (κ2) is 9.57. The van der Waals surface area contributed by atoms with Crippen molar-refractivity contribution in [2.45, 2.75) is 33.2 Å². The highest BCUT2D eigenvalue weighted by molar-refractivity contribution is 7.18. The molecule has 4 aromatic rings. The molecule has 0 unspecified atom stereocenters. The quantitative estimate of drug-likeness (QED) is 0.377. The molecule has 0 aliphatic carbocycles. The van der Waals surface area contributed by atoms with Crippen LogP contribution in [0.4, 0.5) is 10.2 Å². The number of thiophene rings is 1. The van der Waals surface area contributed by atoms with E-state index in [4.69, 9.17) is 9.97 Å². The zero-order chi connectivity index (χ0) is 22.8. The fourth-order valence-electron chi connectivity index (χ4n) is 4.48. The van der Waals surface area contributed by atoms with Crippen LogP contribution in [0, 0.1) is 19.7 Å². The van der Waals surface area contributed by atoms with Crippen LogP contribution < -0.4 is 4.90 Å². The third kappa shape index (κ3) is 4.92. The van der Waals surface area contributed by atoms with Crippen LogP contribution in [-0.2, 0) is 19.4 Å².